The quantitative estimate of drug-likeness (QED) is 0.408. The molecular formula is C29H39N7O3. The molecule has 2 aliphatic heterocycles. The van der Waals surface area contributed by atoms with Gasteiger partial charge in [-0.05, 0) is 55.2 Å². The monoisotopic (exact) mass is 533 g/mol. The molecule has 10 heteroatoms. The lowest BCUT2D eigenvalue weighted by molar-refractivity contribution is -0.117. The van der Waals surface area contributed by atoms with Gasteiger partial charge in [-0.15, -0.1) is 0 Å². The fourth-order valence-electron chi connectivity index (χ4n) is 5.26. The van der Waals surface area contributed by atoms with E-state index in [1.807, 2.05) is 30.3 Å². The first-order valence-corrected chi connectivity index (χ1v) is 13.8. The molecule has 3 heterocycles. The highest BCUT2D eigenvalue weighted by Gasteiger charge is 2.20. The van der Waals surface area contributed by atoms with Crippen LogP contribution in [0, 0.1) is 0 Å². The third-order valence-electron chi connectivity index (χ3n) is 7.50. The molecule has 0 spiro atoms. The standard InChI is InChI=1S/C29H39N7O3/c1-30-29-31-7-6-26(33-29)23-18-22-4-5-24(38-2)20-25(22)27(19-23)32-28(37)21-36-12-10-34(11-13-36)8-3-9-35-14-16-39-17-15-35/h4-7,18-20H,3,8-17,21H2,1-2H3,(H,32,37)(H,30,31,33). The highest BCUT2D eigenvalue weighted by atomic mass is 16.5. The summed E-state index contributed by atoms with van der Waals surface area (Å²) in [6.45, 7) is 10.2. The highest BCUT2D eigenvalue weighted by molar-refractivity contribution is 6.05. The zero-order valence-electron chi connectivity index (χ0n) is 23.0. The Labute approximate surface area is 230 Å². The van der Waals surface area contributed by atoms with E-state index < -0.39 is 0 Å². The summed E-state index contributed by atoms with van der Waals surface area (Å²) in [6, 6.07) is 11.8. The molecule has 208 valence electrons. The Balaban J connectivity index is 1.21. The van der Waals surface area contributed by atoms with Crippen molar-refractivity contribution < 1.29 is 14.3 Å². The third-order valence-corrected chi connectivity index (χ3v) is 7.50. The molecule has 2 fully saturated rings. The van der Waals surface area contributed by atoms with Crippen molar-refractivity contribution in [1.82, 2.24) is 24.7 Å². The minimum absolute atomic E-state index is 0.0179. The minimum atomic E-state index is -0.0179. The van der Waals surface area contributed by atoms with Gasteiger partial charge in [-0.3, -0.25) is 14.6 Å². The Morgan fingerprint density at radius 2 is 1.72 bits per heavy atom. The maximum Gasteiger partial charge on any atom is 0.238 e. The number of carbonyl (C=O) groups excluding carboxylic acids is 1. The summed E-state index contributed by atoms with van der Waals surface area (Å²) in [5, 5.41) is 8.10. The number of nitrogens with one attached hydrogen (secondary N) is 2. The van der Waals surface area contributed by atoms with Crippen LogP contribution in [-0.2, 0) is 9.53 Å². The van der Waals surface area contributed by atoms with Crippen LogP contribution < -0.4 is 15.4 Å². The lowest BCUT2D eigenvalue weighted by Gasteiger charge is -2.35. The van der Waals surface area contributed by atoms with Gasteiger partial charge in [-0.2, -0.15) is 0 Å². The topological polar surface area (TPSA) is 95.1 Å². The van der Waals surface area contributed by atoms with E-state index in [2.05, 4.69) is 41.4 Å². The molecule has 1 amide bonds. The van der Waals surface area contributed by atoms with Gasteiger partial charge in [0, 0.05) is 69.2 Å². The molecule has 39 heavy (non-hydrogen) atoms. The molecule has 0 aliphatic carbocycles. The van der Waals surface area contributed by atoms with E-state index in [4.69, 9.17) is 9.47 Å². The number of methoxy groups -OCH3 is 1. The van der Waals surface area contributed by atoms with Crippen LogP contribution in [0.15, 0.2) is 42.6 Å². The van der Waals surface area contributed by atoms with Gasteiger partial charge in [0.25, 0.3) is 0 Å². The number of hydrogen-bond acceptors (Lipinski definition) is 9. The first kappa shape index (κ1) is 27.3. The molecule has 1 aromatic heterocycles. The van der Waals surface area contributed by atoms with Crippen molar-refractivity contribution in [2.75, 3.05) is 96.9 Å². The fraction of sp³-hybridized carbons (Fsp3) is 0.483. The van der Waals surface area contributed by atoms with E-state index in [9.17, 15) is 4.79 Å². The molecular weight excluding hydrogens is 494 g/mol. The first-order chi connectivity index (χ1) is 19.1. The fourth-order valence-corrected chi connectivity index (χ4v) is 5.26. The predicted octanol–water partition coefficient (Wildman–Crippen LogP) is 2.63. The van der Waals surface area contributed by atoms with Crippen molar-refractivity contribution in [3.8, 4) is 17.0 Å². The van der Waals surface area contributed by atoms with E-state index >= 15 is 0 Å². The lowest BCUT2D eigenvalue weighted by atomic mass is 10.0. The number of piperazine rings is 1. The zero-order valence-corrected chi connectivity index (χ0v) is 23.0. The second-order valence-electron chi connectivity index (χ2n) is 10.1. The number of ether oxygens (including phenoxy) is 2. The average Bonchev–Trinajstić information content (AvgIpc) is 2.98. The van der Waals surface area contributed by atoms with Gasteiger partial charge in [-0.25, -0.2) is 9.97 Å². The van der Waals surface area contributed by atoms with Gasteiger partial charge in [0.1, 0.15) is 5.75 Å². The number of carbonyl (C=O) groups is 1. The SMILES string of the molecule is CNc1nccc(-c2cc(NC(=O)CN3CCN(CCCN4CCOCC4)CC3)c3cc(OC)ccc3c2)n1. The number of aromatic nitrogens is 2. The molecule has 0 unspecified atom stereocenters. The molecule has 0 atom stereocenters. The van der Waals surface area contributed by atoms with E-state index in [0.717, 1.165) is 99.0 Å². The summed E-state index contributed by atoms with van der Waals surface area (Å²) in [7, 11) is 3.44. The minimum Gasteiger partial charge on any atom is -0.497 e. The maximum atomic E-state index is 13.2. The molecule has 0 bridgehead atoms. The van der Waals surface area contributed by atoms with Gasteiger partial charge >= 0.3 is 0 Å². The Morgan fingerprint density at radius 3 is 2.46 bits per heavy atom. The summed E-state index contributed by atoms with van der Waals surface area (Å²) in [6.07, 6.45) is 2.91. The largest absolute Gasteiger partial charge is 0.497 e. The van der Waals surface area contributed by atoms with Crippen LogP contribution >= 0.6 is 0 Å². The summed E-state index contributed by atoms with van der Waals surface area (Å²) < 4.78 is 10.9. The molecule has 2 aromatic carbocycles. The first-order valence-electron chi connectivity index (χ1n) is 13.8. The number of benzene rings is 2. The van der Waals surface area contributed by atoms with Crippen LogP contribution in [0.25, 0.3) is 22.0 Å². The second kappa shape index (κ2) is 13.2. The Bertz CT molecular complexity index is 1260. The van der Waals surface area contributed by atoms with Crippen LogP contribution in [0.2, 0.25) is 0 Å². The number of anilines is 2. The van der Waals surface area contributed by atoms with Crippen molar-refractivity contribution >= 4 is 28.3 Å². The van der Waals surface area contributed by atoms with E-state index in [0.29, 0.717) is 12.5 Å². The van der Waals surface area contributed by atoms with Crippen LogP contribution in [0.1, 0.15) is 6.42 Å². The Hall–Kier alpha value is -3.31. The van der Waals surface area contributed by atoms with Crippen LogP contribution in [0.3, 0.4) is 0 Å². The summed E-state index contributed by atoms with van der Waals surface area (Å²) in [5.74, 6) is 1.28. The van der Waals surface area contributed by atoms with E-state index in [1.165, 1.54) is 6.42 Å². The van der Waals surface area contributed by atoms with Crippen molar-refractivity contribution in [2.24, 2.45) is 0 Å². The van der Waals surface area contributed by atoms with E-state index in [1.54, 1.807) is 20.4 Å². The zero-order chi connectivity index (χ0) is 27.0. The third kappa shape index (κ3) is 7.21. The van der Waals surface area contributed by atoms with Crippen molar-refractivity contribution in [3.05, 3.63) is 42.6 Å². The number of rotatable bonds is 10. The van der Waals surface area contributed by atoms with Gasteiger partial charge in [-0.1, -0.05) is 6.07 Å². The van der Waals surface area contributed by atoms with Gasteiger partial charge in [0.2, 0.25) is 11.9 Å². The summed E-state index contributed by atoms with van der Waals surface area (Å²) in [4.78, 5) is 29.3. The molecule has 3 aromatic rings. The Morgan fingerprint density at radius 1 is 0.974 bits per heavy atom. The van der Waals surface area contributed by atoms with Crippen LogP contribution in [0.5, 0.6) is 5.75 Å². The number of nitrogens with zero attached hydrogens (tertiary/aromatic N) is 5. The molecule has 2 aliphatic rings. The van der Waals surface area contributed by atoms with Gasteiger partial charge in [0.15, 0.2) is 0 Å². The van der Waals surface area contributed by atoms with Crippen LogP contribution in [-0.4, -0.2) is 117 Å². The van der Waals surface area contributed by atoms with Crippen molar-refractivity contribution in [2.45, 2.75) is 6.42 Å². The summed E-state index contributed by atoms with van der Waals surface area (Å²) in [5.41, 5.74) is 2.44. The van der Waals surface area contributed by atoms with Crippen LogP contribution in [0.4, 0.5) is 11.6 Å². The number of amides is 1. The molecule has 0 radical (unpaired) electrons. The second-order valence-corrected chi connectivity index (χ2v) is 10.1. The van der Waals surface area contributed by atoms with Gasteiger partial charge < -0.3 is 25.0 Å². The van der Waals surface area contributed by atoms with Gasteiger partial charge in [0.05, 0.1) is 32.6 Å². The Kier molecular flexibility index (Phi) is 9.20. The maximum absolute atomic E-state index is 13.2. The van der Waals surface area contributed by atoms with Crippen molar-refractivity contribution in [1.29, 1.82) is 0 Å². The van der Waals surface area contributed by atoms with Crippen molar-refractivity contribution in [3.63, 3.8) is 0 Å². The number of hydrogen-bond donors (Lipinski definition) is 2. The number of morpholine rings is 1. The lowest BCUT2D eigenvalue weighted by Crippen LogP contribution is -2.49. The molecule has 5 rings (SSSR count). The summed E-state index contributed by atoms with van der Waals surface area (Å²) >= 11 is 0. The molecule has 10 nitrogen and oxygen atoms in total. The van der Waals surface area contributed by atoms with E-state index in [-0.39, 0.29) is 5.91 Å². The number of fused-ring (bicyclic) bond motifs is 1. The normalized spacial score (nSPS) is 17.3. The average molecular weight is 534 g/mol. The molecule has 2 N–H and O–H groups in total. The molecule has 2 saturated heterocycles. The smallest absolute Gasteiger partial charge is 0.238 e. The predicted molar refractivity (Wildman–Crippen MR) is 154 cm³/mol. The highest BCUT2D eigenvalue weighted by Crippen LogP contribution is 2.33. The molecule has 0 saturated carbocycles.